The summed E-state index contributed by atoms with van der Waals surface area (Å²) in [5, 5.41) is 11.1. The first kappa shape index (κ1) is 14.2. The molecular weight excluding hydrogens is 301 g/mol. The molecule has 2 rings (SSSR count). The Kier molecular flexibility index (Phi) is 4.71. The van der Waals surface area contributed by atoms with Gasteiger partial charge in [0, 0.05) is 15.1 Å². The number of hydrogen-bond donors (Lipinski definition) is 0. The second-order valence-corrected chi connectivity index (χ2v) is 5.39. The SMILES string of the molecule is N#C[C@@H](Cc1ccc(Cl)cc1Cl)c1ccccc1Cl. The van der Waals surface area contributed by atoms with Gasteiger partial charge in [-0.3, -0.25) is 0 Å². The predicted molar refractivity (Wildman–Crippen MR) is 80.0 cm³/mol. The molecule has 0 aliphatic carbocycles. The summed E-state index contributed by atoms with van der Waals surface area (Å²) in [6.07, 6.45) is 0.510. The molecule has 0 aromatic heterocycles. The Bertz CT molecular complexity index is 632. The van der Waals surface area contributed by atoms with Gasteiger partial charge in [-0.1, -0.05) is 59.1 Å². The van der Waals surface area contributed by atoms with Crippen LogP contribution in [0.2, 0.25) is 15.1 Å². The predicted octanol–water partition coefficient (Wildman–Crippen LogP) is 5.50. The zero-order chi connectivity index (χ0) is 13.8. The van der Waals surface area contributed by atoms with Gasteiger partial charge in [0.05, 0.1) is 12.0 Å². The van der Waals surface area contributed by atoms with Gasteiger partial charge in [0.2, 0.25) is 0 Å². The fourth-order valence-electron chi connectivity index (χ4n) is 1.89. The third kappa shape index (κ3) is 3.42. The van der Waals surface area contributed by atoms with Crippen LogP contribution in [0.25, 0.3) is 0 Å². The highest BCUT2D eigenvalue weighted by molar-refractivity contribution is 6.35. The Morgan fingerprint density at radius 1 is 1.00 bits per heavy atom. The summed E-state index contributed by atoms with van der Waals surface area (Å²) in [6.45, 7) is 0. The van der Waals surface area contributed by atoms with E-state index in [9.17, 15) is 5.26 Å². The molecule has 0 unspecified atom stereocenters. The Balaban J connectivity index is 2.30. The molecule has 19 heavy (non-hydrogen) atoms. The van der Waals surface area contributed by atoms with Gasteiger partial charge >= 0.3 is 0 Å². The highest BCUT2D eigenvalue weighted by Crippen LogP contribution is 2.30. The molecule has 0 amide bonds. The Morgan fingerprint density at radius 2 is 1.74 bits per heavy atom. The van der Waals surface area contributed by atoms with Crippen molar-refractivity contribution in [3.8, 4) is 6.07 Å². The van der Waals surface area contributed by atoms with Gasteiger partial charge in [-0.05, 0) is 35.7 Å². The molecule has 0 fully saturated rings. The van der Waals surface area contributed by atoms with Crippen LogP contribution in [-0.2, 0) is 6.42 Å². The monoisotopic (exact) mass is 309 g/mol. The van der Waals surface area contributed by atoms with Crippen LogP contribution in [0, 0.1) is 11.3 Å². The van der Waals surface area contributed by atoms with Crippen LogP contribution in [-0.4, -0.2) is 0 Å². The van der Waals surface area contributed by atoms with Crippen molar-refractivity contribution in [2.75, 3.05) is 0 Å². The van der Waals surface area contributed by atoms with E-state index in [0.717, 1.165) is 11.1 Å². The lowest BCUT2D eigenvalue weighted by molar-refractivity contribution is 0.849. The third-order valence-corrected chi connectivity index (χ3v) is 3.81. The van der Waals surface area contributed by atoms with E-state index in [-0.39, 0.29) is 5.92 Å². The van der Waals surface area contributed by atoms with Gasteiger partial charge in [-0.2, -0.15) is 5.26 Å². The lowest BCUT2D eigenvalue weighted by Crippen LogP contribution is -2.01. The Hall–Kier alpha value is -1.20. The standard InChI is InChI=1S/C15H10Cl3N/c16-12-6-5-10(15(18)8-12)7-11(9-19)13-3-1-2-4-14(13)17/h1-6,8,11H,7H2/t11-/m1/s1. The molecule has 4 heteroatoms. The van der Waals surface area contributed by atoms with E-state index in [4.69, 9.17) is 34.8 Å². The number of halogens is 3. The molecule has 0 bridgehead atoms. The molecule has 0 spiro atoms. The largest absolute Gasteiger partial charge is 0.198 e. The third-order valence-electron chi connectivity index (χ3n) is 2.88. The molecule has 1 atom stereocenters. The molecule has 0 aliphatic heterocycles. The lowest BCUT2D eigenvalue weighted by atomic mass is 9.93. The van der Waals surface area contributed by atoms with Crippen molar-refractivity contribution in [3.05, 3.63) is 68.7 Å². The minimum absolute atomic E-state index is 0.327. The smallest absolute Gasteiger partial charge is 0.0767 e. The molecule has 0 saturated carbocycles. The highest BCUT2D eigenvalue weighted by Gasteiger charge is 2.16. The normalized spacial score (nSPS) is 11.9. The maximum atomic E-state index is 9.33. The molecule has 0 radical (unpaired) electrons. The van der Waals surface area contributed by atoms with Gasteiger partial charge in [0.15, 0.2) is 0 Å². The number of benzene rings is 2. The van der Waals surface area contributed by atoms with Crippen LogP contribution in [0.1, 0.15) is 17.0 Å². The van der Waals surface area contributed by atoms with Crippen LogP contribution in [0.3, 0.4) is 0 Å². The van der Waals surface area contributed by atoms with E-state index in [1.165, 1.54) is 0 Å². The van der Waals surface area contributed by atoms with Crippen molar-refractivity contribution in [1.29, 1.82) is 5.26 Å². The molecular formula is C15H10Cl3N. The van der Waals surface area contributed by atoms with Crippen molar-refractivity contribution in [2.24, 2.45) is 0 Å². The second-order valence-electron chi connectivity index (χ2n) is 4.14. The zero-order valence-corrected chi connectivity index (χ0v) is 12.2. The molecule has 2 aromatic rings. The van der Waals surface area contributed by atoms with E-state index in [1.807, 2.05) is 24.3 Å². The van der Waals surface area contributed by atoms with Gasteiger partial charge < -0.3 is 0 Å². The number of nitriles is 1. The fourth-order valence-corrected chi connectivity index (χ4v) is 2.64. The van der Waals surface area contributed by atoms with E-state index in [2.05, 4.69) is 6.07 Å². The summed E-state index contributed by atoms with van der Waals surface area (Å²) in [6, 6.07) is 14.9. The Morgan fingerprint density at radius 3 is 2.37 bits per heavy atom. The number of hydrogen-bond acceptors (Lipinski definition) is 1. The molecule has 0 aliphatic rings. The van der Waals surface area contributed by atoms with Crippen molar-refractivity contribution < 1.29 is 0 Å². The van der Waals surface area contributed by atoms with Crippen LogP contribution in [0.15, 0.2) is 42.5 Å². The molecule has 0 heterocycles. The van der Waals surface area contributed by atoms with E-state index in [0.29, 0.717) is 21.5 Å². The van der Waals surface area contributed by atoms with Crippen LogP contribution in [0.4, 0.5) is 0 Å². The number of rotatable bonds is 3. The first-order valence-corrected chi connectivity index (χ1v) is 6.83. The second kappa shape index (κ2) is 6.30. The maximum absolute atomic E-state index is 9.33. The minimum atomic E-state index is -0.327. The summed E-state index contributed by atoms with van der Waals surface area (Å²) in [5.74, 6) is -0.327. The minimum Gasteiger partial charge on any atom is -0.198 e. The molecule has 0 saturated heterocycles. The van der Waals surface area contributed by atoms with Crippen molar-refractivity contribution >= 4 is 34.8 Å². The summed E-state index contributed by atoms with van der Waals surface area (Å²) < 4.78 is 0. The first-order chi connectivity index (χ1) is 9.11. The van der Waals surface area contributed by atoms with E-state index < -0.39 is 0 Å². The van der Waals surface area contributed by atoms with Gasteiger partial charge in [-0.15, -0.1) is 0 Å². The van der Waals surface area contributed by atoms with Crippen molar-refractivity contribution in [2.45, 2.75) is 12.3 Å². The lowest BCUT2D eigenvalue weighted by Gasteiger charge is -2.12. The summed E-state index contributed by atoms with van der Waals surface area (Å²) in [4.78, 5) is 0. The van der Waals surface area contributed by atoms with E-state index >= 15 is 0 Å². The molecule has 0 N–H and O–H groups in total. The molecule has 1 nitrogen and oxygen atoms in total. The van der Waals surface area contributed by atoms with Crippen LogP contribution >= 0.6 is 34.8 Å². The van der Waals surface area contributed by atoms with Gasteiger partial charge in [0.25, 0.3) is 0 Å². The summed E-state index contributed by atoms with van der Waals surface area (Å²) in [5.41, 5.74) is 1.70. The molecule has 96 valence electrons. The van der Waals surface area contributed by atoms with Crippen molar-refractivity contribution in [1.82, 2.24) is 0 Å². The maximum Gasteiger partial charge on any atom is 0.0767 e. The molecule has 2 aromatic carbocycles. The fraction of sp³-hybridized carbons (Fsp3) is 0.133. The van der Waals surface area contributed by atoms with E-state index in [1.54, 1.807) is 18.2 Å². The first-order valence-electron chi connectivity index (χ1n) is 5.70. The average molecular weight is 311 g/mol. The quantitative estimate of drug-likeness (QED) is 0.734. The van der Waals surface area contributed by atoms with Gasteiger partial charge in [-0.25, -0.2) is 0 Å². The summed E-state index contributed by atoms with van der Waals surface area (Å²) in [7, 11) is 0. The zero-order valence-electron chi connectivity index (χ0n) is 9.91. The average Bonchev–Trinajstić information content (AvgIpc) is 2.39. The van der Waals surface area contributed by atoms with Gasteiger partial charge in [0.1, 0.15) is 0 Å². The summed E-state index contributed by atoms with van der Waals surface area (Å²) >= 11 is 18.1. The van der Waals surface area contributed by atoms with Crippen molar-refractivity contribution in [3.63, 3.8) is 0 Å². The van der Waals surface area contributed by atoms with Crippen LogP contribution < -0.4 is 0 Å². The number of nitrogens with zero attached hydrogens (tertiary/aromatic N) is 1. The topological polar surface area (TPSA) is 23.8 Å². The highest BCUT2D eigenvalue weighted by atomic mass is 35.5. The Labute approximate surface area is 127 Å². The van der Waals surface area contributed by atoms with Crippen LogP contribution in [0.5, 0.6) is 0 Å².